The van der Waals surface area contributed by atoms with Crippen LogP contribution in [0, 0.1) is 6.92 Å². The number of aryl methyl sites for hydroxylation is 1. The molecule has 0 bridgehead atoms. The molecule has 2 heterocycles. The Morgan fingerprint density at radius 1 is 1.09 bits per heavy atom. The number of amides is 1. The second-order valence-electron chi connectivity index (χ2n) is 7.14. The summed E-state index contributed by atoms with van der Waals surface area (Å²) in [6.07, 6.45) is 1.80. The van der Waals surface area contributed by atoms with Crippen molar-refractivity contribution in [2.45, 2.75) is 18.5 Å². The van der Waals surface area contributed by atoms with Gasteiger partial charge in [0.1, 0.15) is 16.5 Å². The minimum absolute atomic E-state index is 0.0638. The zero-order valence-electron chi connectivity index (χ0n) is 18.2. The number of ether oxygens (including phenoxy) is 2. The molecule has 4 rings (SSSR count). The lowest BCUT2D eigenvalue weighted by Crippen LogP contribution is -2.25. The highest BCUT2D eigenvalue weighted by atomic mass is 32.2. The van der Waals surface area contributed by atoms with Gasteiger partial charge >= 0.3 is 0 Å². The molecule has 164 valence electrons. The predicted octanol–water partition coefficient (Wildman–Crippen LogP) is 4.13. The third kappa shape index (κ3) is 4.70. The van der Waals surface area contributed by atoms with Gasteiger partial charge in [-0.15, -0.1) is 0 Å². The molecule has 32 heavy (non-hydrogen) atoms. The zero-order valence-corrected chi connectivity index (χ0v) is 19.0. The smallest absolute Gasteiger partial charge is 0.230 e. The van der Waals surface area contributed by atoms with E-state index in [2.05, 4.69) is 15.4 Å². The van der Waals surface area contributed by atoms with Crippen molar-refractivity contribution < 1.29 is 14.3 Å². The highest BCUT2D eigenvalue weighted by Gasteiger charge is 2.14. The molecule has 7 nitrogen and oxygen atoms in total. The Labute approximate surface area is 190 Å². The van der Waals surface area contributed by atoms with Crippen LogP contribution in [0.3, 0.4) is 0 Å². The van der Waals surface area contributed by atoms with Gasteiger partial charge in [-0.1, -0.05) is 42.1 Å². The average molecular weight is 449 g/mol. The normalized spacial score (nSPS) is 10.8. The van der Waals surface area contributed by atoms with Gasteiger partial charge in [-0.2, -0.15) is 5.10 Å². The molecule has 8 heteroatoms. The number of carbonyl (C=O) groups excluding carboxylic acids is 1. The Bertz CT molecular complexity index is 1240. The van der Waals surface area contributed by atoms with Crippen LogP contribution in [0.25, 0.3) is 16.8 Å². The van der Waals surface area contributed by atoms with Crippen molar-refractivity contribution in [1.29, 1.82) is 0 Å². The molecule has 0 fully saturated rings. The van der Waals surface area contributed by atoms with E-state index in [0.717, 1.165) is 44.6 Å². The van der Waals surface area contributed by atoms with E-state index in [0.29, 0.717) is 6.54 Å². The van der Waals surface area contributed by atoms with Crippen molar-refractivity contribution >= 4 is 23.3 Å². The molecule has 0 saturated carbocycles. The number of benzene rings is 2. The van der Waals surface area contributed by atoms with Crippen molar-refractivity contribution in [3.8, 4) is 22.6 Å². The first-order chi connectivity index (χ1) is 15.6. The topological polar surface area (TPSA) is 77.8 Å². The Morgan fingerprint density at radius 2 is 1.88 bits per heavy atom. The highest BCUT2D eigenvalue weighted by molar-refractivity contribution is 7.99. The molecule has 2 aromatic heterocycles. The Kier molecular flexibility index (Phi) is 6.61. The summed E-state index contributed by atoms with van der Waals surface area (Å²) in [6, 6.07) is 17.4. The fourth-order valence-corrected chi connectivity index (χ4v) is 4.25. The SMILES string of the molecule is COc1ccc(-c2cnn3c(SCC(=O)NCc4ccccc4OC)cc(C)nc23)cc1. The van der Waals surface area contributed by atoms with Crippen LogP contribution in [-0.2, 0) is 11.3 Å². The molecule has 1 amide bonds. The molecule has 0 unspecified atom stereocenters. The van der Waals surface area contributed by atoms with E-state index >= 15 is 0 Å². The van der Waals surface area contributed by atoms with Crippen molar-refractivity contribution in [2.24, 2.45) is 0 Å². The number of aromatic nitrogens is 3. The van der Waals surface area contributed by atoms with E-state index in [-0.39, 0.29) is 11.7 Å². The van der Waals surface area contributed by atoms with Gasteiger partial charge in [0, 0.05) is 23.4 Å². The van der Waals surface area contributed by atoms with Gasteiger partial charge in [-0.25, -0.2) is 9.50 Å². The van der Waals surface area contributed by atoms with Gasteiger partial charge in [0.25, 0.3) is 0 Å². The number of rotatable bonds is 8. The molecular formula is C24H24N4O3S. The maximum absolute atomic E-state index is 12.5. The molecular weight excluding hydrogens is 424 g/mol. The summed E-state index contributed by atoms with van der Waals surface area (Å²) >= 11 is 1.43. The first-order valence-electron chi connectivity index (χ1n) is 10.1. The second kappa shape index (κ2) is 9.74. The van der Waals surface area contributed by atoms with Gasteiger partial charge < -0.3 is 14.8 Å². The number of hydrogen-bond acceptors (Lipinski definition) is 6. The summed E-state index contributed by atoms with van der Waals surface area (Å²) in [5.74, 6) is 1.76. The van der Waals surface area contributed by atoms with Gasteiger partial charge in [-0.05, 0) is 36.8 Å². The minimum atomic E-state index is -0.0638. The van der Waals surface area contributed by atoms with E-state index in [1.54, 1.807) is 24.9 Å². The van der Waals surface area contributed by atoms with Crippen LogP contribution in [0.4, 0.5) is 0 Å². The number of hydrogen-bond donors (Lipinski definition) is 1. The molecule has 0 aliphatic heterocycles. The maximum Gasteiger partial charge on any atom is 0.230 e. The number of carbonyl (C=O) groups is 1. The van der Waals surface area contributed by atoms with Gasteiger partial charge in [0.2, 0.25) is 5.91 Å². The van der Waals surface area contributed by atoms with Crippen LogP contribution in [0.5, 0.6) is 11.5 Å². The fourth-order valence-electron chi connectivity index (χ4n) is 3.36. The van der Waals surface area contributed by atoms with Crippen LogP contribution in [0.15, 0.2) is 65.8 Å². The lowest BCUT2D eigenvalue weighted by Gasteiger charge is -2.10. The Balaban J connectivity index is 1.48. The van der Waals surface area contributed by atoms with E-state index < -0.39 is 0 Å². The molecule has 0 atom stereocenters. The van der Waals surface area contributed by atoms with Crippen LogP contribution < -0.4 is 14.8 Å². The van der Waals surface area contributed by atoms with E-state index in [1.807, 2.05) is 61.5 Å². The van der Waals surface area contributed by atoms with Crippen LogP contribution >= 0.6 is 11.8 Å². The molecule has 0 aliphatic carbocycles. The maximum atomic E-state index is 12.5. The predicted molar refractivity (Wildman–Crippen MR) is 125 cm³/mol. The number of methoxy groups -OCH3 is 2. The summed E-state index contributed by atoms with van der Waals surface area (Å²) in [5.41, 5.74) is 4.49. The van der Waals surface area contributed by atoms with Crippen molar-refractivity contribution in [1.82, 2.24) is 19.9 Å². The largest absolute Gasteiger partial charge is 0.497 e. The standard InChI is InChI=1S/C24H24N4O3S/c1-16-12-23(32-15-22(29)25-13-18-6-4-5-7-21(18)31-3)28-24(27-16)20(14-26-28)17-8-10-19(30-2)11-9-17/h4-12,14H,13,15H2,1-3H3,(H,25,29). The zero-order chi connectivity index (χ0) is 22.5. The third-order valence-electron chi connectivity index (χ3n) is 4.99. The number of para-hydroxylation sites is 1. The lowest BCUT2D eigenvalue weighted by molar-refractivity contribution is -0.118. The van der Waals surface area contributed by atoms with E-state index in [9.17, 15) is 4.79 Å². The lowest BCUT2D eigenvalue weighted by atomic mass is 10.1. The summed E-state index contributed by atoms with van der Waals surface area (Å²) in [6.45, 7) is 2.36. The van der Waals surface area contributed by atoms with E-state index in [4.69, 9.17) is 9.47 Å². The summed E-state index contributed by atoms with van der Waals surface area (Å²) < 4.78 is 12.4. The van der Waals surface area contributed by atoms with Crippen molar-refractivity contribution in [3.05, 3.63) is 72.1 Å². The first kappa shape index (κ1) is 21.7. The van der Waals surface area contributed by atoms with Crippen LogP contribution in [0.2, 0.25) is 0 Å². The van der Waals surface area contributed by atoms with Crippen LogP contribution in [-0.4, -0.2) is 40.5 Å². The highest BCUT2D eigenvalue weighted by Crippen LogP contribution is 2.28. The molecule has 1 N–H and O–H groups in total. The van der Waals surface area contributed by atoms with Gasteiger partial charge in [0.05, 0.1) is 26.2 Å². The van der Waals surface area contributed by atoms with Gasteiger partial charge in [0.15, 0.2) is 5.65 Å². The second-order valence-corrected chi connectivity index (χ2v) is 8.13. The number of nitrogens with one attached hydrogen (secondary N) is 1. The number of fused-ring (bicyclic) bond motifs is 1. The summed E-state index contributed by atoms with van der Waals surface area (Å²) in [4.78, 5) is 17.1. The van der Waals surface area contributed by atoms with Crippen molar-refractivity contribution in [3.63, 3.8) is 0 Å². The Hall–Kier alpha value is -3.52. The monoisotopic (exact) mass is 448 g/mol. The number of thioether (sulfide) groups is 1. The molecule has 0 spiro atoms. The summed E-state index contributed by atoms with van der Waals surface area (Å²) in [7, 11) is 3.27. The molecule has 0 radical (unpaired) electrons. The fraction of sp³-hybridized carbons (Fsp3) is 0.208. The van der Waals surface area contributed by atoms with Gasteiger partial charge in [-0.3, -0.25) is 4.79 Å². The molecule has 2 aromatic carbocycles. The number of nitrogens with zero attached hydrogens (tertiary/aromatic N) is 3. The Morgan fingerprint density at radius 3 is 2.62 bits per heavy atom. The van der Waals surface area contributed by atoms with Crippen LogP contribution in [0.1, 0.15) is 11.3 Å². The minimum Gasteiger partial charge on any atom is -0.497 e. The molecule has 0 aliphatic rings. The summed E-state index contributed by atoms with van der Waals surface area (Å²) in [5, 5.41) is 8.34. The third-order valence-corrected chi connectivity index (χ3v) is 5.98. The first-order valence-corrected chi connectivity index (χ1v) is 11.1. The average Bonchev–Trinajstić information content (AvgIpc) is 3.25. The molecule has 4 aromatic rings. The van der Waals surface area contributed by atoms with Crippen molar-refractivity contribution in [2.75, 3.05) is 20.0 Å². The molecule has 0 saturated heterocycles. The van der Waals surface area contributed by atoms with E-state index in [1.165, 1.54) is 11.8 Å². The quantitative estimate of drug-likeness (QED) is 0.323.